The minimum Gasteiger partial charge on any atom is -0.464 e. The summed E-state index contributed by atoms with van der Waals surface area (Å²) in [6.45, 7) is 1.45. The van der Waals surface area contributed by atoms with Crippen LogP contribution in [-0.2, 0) is 25.5 Å². The van der Waals surface area contributed by atoms with Crippen molar-refractivity contribution >= 4 is 29.1 Å². The molecule has 1 aromatic rings. The van der Waals surface area contributed by atoms with Gasteiger partial charge < -0.3 is 21.1 Å². The van der Waals surface area contributed by atoms with Crippen molar-refractivity contribution in [1.29, 1.82) is 0 Å². The summed E-state index contributed by atoms with van der Waals surface area (Å²) < 4.78 is 4.92. The molecule has 8 nitrogen and oxygen atoms in total. The first-order valence-electron chi connectivity index (χ1n) is 6.38. The van der Waals surface area contributed by atoms with E-state index in [4.69, 9.17) is 10.5 Å². The highest BCUT2D eigenvalue weighted by molar-refractivity contribution is 7.09. The van der Waals surface area contributed by atoms with Gasteiger partial charge in [-0.25, -0.2) is 9.78 Å². The van der Waals surface area contributed by atoms with E-state index in [1.165, 1.54) is 11.3 Å². The topological polar surface area (TPSA) is 123 Å². The fourth-order valence-electron chi connectivity index (χ4n) is 1.46. The van der Waals surface area contributed by atoms with Crippen molar-refractivity contribution in [2.45, 2.75) is 19.4 Å². The van der Waals surface area contributed by atoms with E-state index in [0.29, 0.717) is 5.01 Å². The minimum absolute atomic E-state index is 0.201. The molecule has 0 spiro atoms. The van der Waals surface area contributed by atoms with Crippen molar-refractivity contribution in [3.8, 4) is 0 Å². The smallest absolute Gasteiger partial charge is 0.329 e. The van der Waals surface area contributed by atoms with E-state index in [0.717, 1.165) is 0 Å². The number of nitrogens with zero attached hydrogens (tertiary/aromatic N) is 1. The summed E-state index contributed by atoms with van der Waals surface area (Å²) in [5.74, 6) is -1.48. The lowest BCUT2D eigenvalue weighted by Crippen LogP contribution is -2.47. The van der Waals surface area contributed by atoms with E-state index in [1.807, 2.05) is 0 Å². The van der Waals surface area contributed by atoms with E-state index >= 15 is 0 Å². The Morgan fingerprint density at radius 3 is 2.76 bits per heavy atom. The second kappa shape index (κ2) is 9.03. The lowest BCUT2D eigenvalue weighted by molar-refractivity contribution is -0.147. The first-order valence-corrected chi connectivity index (χ1v) is 7.25. The molecule has 0 radical (unpaired) electrons. The lowest BCUT2D eigenvalue weighted by atomic mass is 10.2. The molecular formula is C12H18N4O4S. The number of nitrogens with one attached hydrogen (secondary N) is 2. The number of carbonyl (C=O) groups excluding carboxylic acids is 3. The highest BCUT2D eigenvalue weighted by atomic mass is 32.1. The van der Waals surface area contributed by atoms with Gasteiger partial charge in [0, 0.05) is 18.0 Å². The van der Waals surface area contributed by atoms with Crippen molar-refractivity contribution < 1.29 is 19.1 Å². The number of nitrogens with two attached hydrogens (primary N) is 1. The summed E-state index contributed by atoms with van der Waals surface area (Å²) in [5, 5.41) is 7.33. The molecule has 0 fully saturated rings. The van der Waals surface area contributed by atoms with Gasteiger partial charge in [0.25, 0.3) is 0 Å². The summed E-state index contributed by atoms with van der Waals surface area (Å²) in [7, 11) is 0. The van der Waals surface area contributed by atoms with Crippen LogP contribution in [0.15, 0.2) is 11.6 Å². The zero-order chi connectivity index (χ0) is 15.7. The number of thiazole rings is 1. The molecule has 116 valence electrons. The molecule has 0 saturated heterocycles. The second-order valence-electron chi connectivity index (χ2n) is 3.98. The predicted molar refractivity (Wildman–Crippen MR) is 76.4 cm³/mol. The lowest BCUT2D eigenvalue weighted by Gasteiger charge is -2.16. The van der Waals surface area contributed by atoms with E-state index in [9.17, 15) is 14.4 Å². The van der Waals surface area contributed by atoms with Crippen LogP contribution in [0, 0.1) is 0 Å². The maximum atomic E-state index is 11.8. The quantitative estimate of drug-likeness (QED) is 0.518. The Labute approximate surface area is 126 Å². The average Bonchev–Trinajstić information content (AvgIpc) is 2.97. The van der Waals surface area contributed by atoms with Gasteiger partial charge in [0.2, 0.25) is 11.8 Å². The zero-order valence-electron chi connectivity index (χ0n) is 11.6. The molecular weight excluding hydrogens is 296 g/mol. The summed E-state index contributed by atoms with van der Waals surface area (Å²) in [4.78, 5) is 38.6. The van der Waals surface area contributed by atoms with Crippen LogP contribution < -0.4 is 16.4 Å². The zero-order valence-corrected chi connectivity index (χ0v) is 12.4. The van der Waals surface area contributed by atoms with Crippen LogP contribution in [0.3, 0.4) is 0 Å². The van der Waals surface area contributed by atoms with Gasteiger partial charge in [-0.05, 0) is 6.92 Å². The highest BCUT2D eigenvalue weighted by Gasteiger charge is 2.23. The van der Waals surface area contributed by atoms with Gasteiger partial charge in [-0.2, -0.15) is 0 Å². The summed E-state index contributed by atoms with van der Waals surface area (Å²) >= 11 is 1.38. The van der Waals surface area contributed by atoms with Crippen molar-refractivity contribution in [1.82, 2.24) is 15.6 Å². The third kappa shape index (κ3) is 6.32. The molecule has 0 unspecified atom stereocenters. The minimum atomic E-state index is -0.835. The van der Waals surface area contributed by atoms with E-state index < -0.39 is 23.8 Å². The van der Waals surface area contributed by atoms with Crippen LogP contribution >= 0.6 is 11.3 Å². The standard InChI is InChI=1S/C12H18N4O4S/c1-2-20-12(19)8(5-11-14-3-4-21-11)16-10(18)7-15-9(17)6-13/h3-4,8H,2,5-7,13H2,1H3,(H,15,17)(H,16,18)/t8-/m0/s1. The Morgan fingerprint density at radius 1 is 1.43 bits per heavy atom. The van der Waals surface area contributed by atoms with Gasteiger partial charge in [0.15, 0.2) is 0 Å². The van der Waals surface area contributed by atoms with Crippen molar-refractivity contribution in [3.63, 3.8) is 0 Å². The monoisotopic (exact) mass is 314 g/mol. The Kier molecular flexibility index (Phi) is 7.33. The highest BCUT2D eigenvalue weighted by Crippen LogP contribution is 2.08. The third-order valence-electron chi connectivity index (χ3n) is 2.40. The molecule has 0 saturated carbocycles. The summed E-state index contributed by atoms with van der Waals surface area (Å²) in [5.41, 5.74) is 5.11. The molecule has 0 bridgehead atoms. The van der Waals surface area contributed by atoms with Crippen molar-refractivity contribution in [3.05, 3.63) is 16.6 Å². The first-order chi connectivity index (χ1) is 10.1. The van der Waals surface area contributed by atoms with Crippen LogP contribution in [-0.4, -0.2) is 48.5 Å². The number of hydrogen-bond acceptors (Lipinski definition) is 7. The molecule has 4 N–H and O–H groups in total. The average molecular weight is 314 g/mol. The first kappa shape index (κ1) is 17.1. The van der Waals surface area contributed by atoms with E-state index in [1.54, 1.807) is 18.5 Å². The van der Waals surface area contributed by atoms with Crippen molar-refractivity contribution in [2.24, 2.45) is 5.73 Å². The number of amides is 2. The van der Waals surface area contributed by atoms with Crippen LogP contribution in [0.4, 0.5) is 0 Å². The molecule has 9 heteroatoms. The maximum absolute atomic E-state index is 11.8. The number of aromatic nitrogens is 1. The van der Waals surface area contributed by atoms with Crippen LogP contribution in [0.5, 0.6) is 0 Å². The molecule has 1 aromatic heterocycles. The number of ether oxygens (including phenoxy) is 1. The molecule has 0 aliphatic heterocycles. The largest absolute Gasteiger partial charge is 0.464 e. The Morgan fingerprint density at radius 2 is 2.19 bits per heavy atom. The Bertz CT molecular complexity index is 478. The van der Waals surface area contributed by atoms with Gasteiger partial charge in [0.1, 0.15) is 6.04 Å². The normalized spacial score (nSPS) is 11.5. The third-order valence-corrected chi connectivity index (χ3v) is 3.20. The van der Waals surface area contributed by atoms with Crippen LogP contribution in [0.1, 0.15) is 11.9 Å². The number of esters is 1. The Balaban J connectivity index is 2.57. The summed E-state index contributed by atoms with van der Waals surface area (Å²) in [6, 6.07) is -0.835. The van der Waals surface area contributed by atoms with Gasteiger partial charge in [-0.3, -0.25) is 9.59 Å². The van der Waals surface area contributed by atoms with Crippen LogP contribution in [0.2, 0.25) is 0 Å². The van der Waals surface area contributed by atoms with Gasteiger partial charge >= 0.3 is 5.97 Å². The maximum Gasteiger partial charge on any atom is 0.329 e. The molecule has 1 atom stereocenters. The van der Waals surface area contributed by atoms with Gasteiger partial charge in [-0.15, -0.1) is 11.3 Å². The van der Waals surface area contributed by atoms with Crippen LogP contribution in [0.25, 0.3) is 0 Å². The molecule has 1 heterocycles. The molecule has 0 aromatic carbocycles. The fourth-order valence-corrected chi connectivity index (χ4v) is 2.12. The molecule has 21 heavy (non-hydrogen) atoms. The number of carbonyl (C=O) groups is 3. The molecule has 0 aliphatic carbocycles. The SMILES string of the molecule is CCOC(=O)[C@H](Cc1nccs1)NC(=O)CNC(=O)CN. The van der Waals surface area contributed by atoms with Gasteiger partial charge in [0.05, 0.1) is 24.7 Å². The van der Waals surface area contributed by atoms with Crippen molar-refractivity contribution in [2.75, 3.05) is 19.7 Å². The molecule has 2 amide bonds. The molecule has 0 aliphatic rings. The fraction of sp³-hybridized carbons (Fsp3) is 0.500. The number of hydrogen-bond donors (Lipinski definition) is 3. The van der Waals surface area contributed by atoms with Gasteiger partial charge in [-0.1, -0.05) is 0 Å². The number of rotatable bonds is 8. The summed E-state index contributed by atoms with van der Waals surface area (Å²) in [6.07, 6.45) is 1.86. The van der Waals surface area contributed by atoms with E-state index in [2.05, 4.69) is 15.6 Å². The second-order valence-corrected chi connectivity index (χ2v) is 4.96. The Hall–Kier alpha value is -2.00. The van der Waals surface area contributed by atoms with E-state index in [-0.39, 0.29) is 26.1 Å². The predicted octanol–water partition coefficient (Wildman–Crippen LogP) is -1.19. The molecule has 1 rings (SSSR count).